The molecular formula is C23H24FN5O3. The minimum Gasteiger partial charge on any atom is -0.463 e. The Balaban J connectivity index is 1.41. The molecule has 0 spiro atoms. The predicted molar refractivity (Wildman–Crippen MR) is 118 cm³/mol. The van der Waals surface area contributed by atoms with Gasteiger partial charge in [0, 0.05) is 38.3 Å². The summed E-state index contributed by atoms with van der Waals surface area (Å²) in [5.41, 5.74) is 2.03. The van der Waals surface area contributed by atoms with Crippen molar-refractivity contribution in [2.24, 2.45) is 0 Å². The first-order valence-electron chi connectivity index (χ1n) is 10.8. The van der Waals surface area contributed by atoms with Crippen LogP contribution in [0.15, 0.2) is 51.9 Å². The molecule has 4 aromatic rings. The molecule has 9 heteroatoms. The van der Waals surface area contributed by atoms with Crippen LogP contribution in [0.5, 0.6) is 0 Å². The van der Waals surface area contributed by atoms with Gasteiger partial charge in [0.25, 0.3) is 5.56 Å². The van der Waals surface area contributed by atoms with Crippen molar-refractivity contribution >= 4 is 28.2 Å². The number of para-hydroxylation sites is 1. The fourth-order valence-electron chi connectivity index (χ4n) is 4.54. The normalized spacial score (nSPS) is 15.6. The van der Waals surface area contributed by atoms with E-state index < -0.39 is 6.04 Å². The molecule has 0 unspecified atom stereocenters. The molecule has 4 heterocycles. The van der Waals surface area contributed by atoms with Crippen LogP contribution >= 0.6 is 0 Å². The number of fused-ring (bicyclic) bond motifs is 3. The molecule has 0 bridgehead atoms. The average Bonchev–Trinajstić information content (AvgIpc) is 3.40. The Bertz CT molecular complexity index is 1360. The summed E-state index contributed by atoms with van der Waals surface area (Å²) in [6, 6.07) is 9.43. The second-order valence-electron chi connectivity index (χ2n) is 8.02. The Morgan fingerprint density at radius 2 is 1.91 bits per heavy atom. The summed E-state index contributed by atoms with van der Waals surface area (Å²) < 4.78 is 22.6. The molecule has 0 N–H and O–H groups in total. The molecule has 1 fully saturated rings. The first-order chi connectivity index (χ1) is 15.5. The standard InChI is InChI=1S/C23H24FN5O3/c1-3-17(22(30)27-11-9-26(10-12-27)18-7-5-4-6-16(18)24)29-23(31)20-14-21-19(8-13-32-21)28(20)15(2)25-29/h4-8,13-14,17H,3,9-12H2,1-2H3/t17-/m1/s1. The molecule has 166 valence electrons. The summed E-state index contributed by atoms with van der Waals surface area (Å²) in [6.45, 7) is 5.64. The molecular weight excluding hydrogens is 413 g/mol. The van der Waals surface area contributed by atoms with Crippen LogP contribution in [-0.4, -0.2) is 51.2 Å². The number of nitrogens with zero attached hydrogens (tertiary/aromatic N) is 5. The van der Waals surface area contributed by atoms with E-state index >= 15 is 0 Å². The lowest BCUT2D eigenvalue weighted by Gasteiger charge is -2.37. The lowest BCUT2D eigenvalue weighted by atomic mass is 10.1. The molecule has 8 nitrogen and oxygen atoms in total. The van der Waals surface area contributed by atoms with E-state index in [9.17, 15) is 14.0 Å². The van der Waals surface area contributed by atoms with E-state index in [-0.39, 0.29) is 17.3 Å². The van der Waals surface area contributed by atoms with E-state index in [2.05, 4.69) is 5.10 Å². The first-order valence-corrected chi connectivity index (χ1v) is 10.8. The van der Waals surface area contributed by atoms with E-state index in [0.29, 0.717) is 55.2 Å². The average molecular weight is 437 g/mol. The molecule has 3 aromatic heterocycles. The van der Waals surface area contributed by atoms with Crippen LogP contribution in [0.4, 0.5) is 10.1 Å². The number of carbonyl (C=O) groups excluding carboxylic acids is 1. The summed E-state index contributed by atoms with van der Waals surface area (Å²) in [6.07, 6.45) is 2.01. The molecule has 1 aliphatic rings. The number of benzene rings is 1. The molecule has 32 heavy (non-hydrogen) atoms. The molecule has 1 aromatic carbocycles. The molecule has 1 amide bonds. The lowest BCUT2D eigenvalue weighted by Crippen LogP contribution is -2.51. The van der Waals surface area contributed by atoms with Crippen molar-refractivity contribution < 1.29 is 13.6 Å². The number of amides is 1. The number of aromatic nitrogens is 3. The highest BCUT2D eigenvalue weighted by Gasteiger charge is 2.30. The zero-order valence-electron chi connectivity index (χ0n) is 18.0. The van der Waals surface area contributed by atoms with Crippen molar-refractivity contribution in [3.8, 4) is 0 Å². The number of halogens is 1. The van der Waals surface area contributed by atoms with E-state index in [1.165, 1.54) is 10.7 Å². The van der Waals surface area contributed by atoms with Crippen molar-refractivity contribution in [3.05, 3.63) is 64.7 Å². The Hall–Kier alpha value is -3.62. The summed E-state index contributed by atoms with van der Waals surface area (Å²) in [4.78, 5) is 30.3. The molecule has 1 aliphatic heterocycles. The largest absolute Gasteiger partial charge is 0.463 e. The second-order valence-corrected chi connectivity index (χ2v) is 8.02. The lowest BCUT2D eigenvalue weighted by molar-refractivity contribution is -0.135. The summed E-state index contributed by atoms with van der Waals surface area (Å²) in [7, 11) is 0. The highest BCUT2D eigenvalue weighted by molar-refractivity contribution is 5.83. The van der Waals surface area contributed by atoms with Crippen LogP contribution in [0.25, 0.3) is 16.6 Å². The van der Waals surface area contributed by atoms with Gasteiger partial charge < -0.3 is 14.2 Å². The third-order valence-electron chi connectivity index (χ3n) is 6.18. The highest BCUT2D eigenvalue weighted by Crippen LogP contribution is 2.23. The van der Waals surface area contributed by atoms with Crippen LogP contribution in [0.1, 0.15) is 25.2 Å². The Morgan fingerprint density at radius 3 is 2.62 bits per heavy atom. The van der Waals surface area contributed by atoms with Gasteiger partial charge in [-0.05, 0) is 25.5 Å². The Labute approximate surface area is 183 Å². The predicted octanol–water partition coefficient (Wildman–Crippen LogP) is 2.99. The topological polar surface area (TPSA) is 76.0 Å². The quantitative estimate of drug-likeness (QED) is 0.491. The molecule has 1 saturated heterocycles. The van der Waals surface area contributed by atoms with Gasteiger partial charge in [0.1, 0.15) is 23.2 Å². The van der Waals surface area contributed by atoms with Gasteiger partial charge in [0.2, 0.25) is 5.91 Å². The minimum atomic E-state index is -0.701. The first kappa shape index (κ1) is 20.3. The number of anilines is 1. The van der Waals surface area contributed by atoms with Crippen LogP contribution in [0.2, 0.25) is 0 Å². The van der Waals surface area contributed by atoms with Crippen molar-refractivity contribution in [3.63, 3.8) is 0 Å². The van der Waals surface area contributed by atoms with Gasteiger partial charge in [0.05, 0.1) is 17.5 Å². The van der Waals surface area contributed by atoms with E-state index in [1.807, 2.05) is 11.8 Å². The minimum absolute atomic E-state index is 0.144. The fourth-order valence-corrected chi connectivity index (χ4v) is 4.54. The molecule has 5 rings (SSSR count). The monoisotopic (exact) mass is 437 g/mol. The smallest absolute Gasteiger partial charge is 0.291 e. The van der Waals surface area contributed by atoms with Crippen LogP contribution in [0.3, 0.4) is 0 Å². The van der Waals surface area contributed by atoms with E-state index in [0.717, 1.165) is 5.52 Å². The molecule has 1 atom stereocenters. The summed E-state index contributed by atoms with van der Waals surface area (Å²) >= 11 is 0. The van der Waals surface area contributed by atoms with Gasteiger partial charge >= 0.3 is 0 Å². The van der Waals surface area contributed by atoms with Gasteiger partial charge in [-0.25, -0.2) is 9.07 Å². The van der Waals surface area contributed by atoms with Gasteiger partial charge in [-0.15, -0.1) is 0 Å². The number of furan rings is 1. The SMILES string of the molecule is CC[C@H](C(=O)N1CCN(c2ccccc2F)CC1)n1nc(C)n2c(cc3occc32)c1=O. The number of rotatable bonds is 4. The maximum Gasteiger partial charge on any atom is 0.291 e. The van der Waals surface area contributed by atoms with Crippen LogP contribution < -0.4 is 10.5 Å². The summed E-state index contributed by atoms with van der Waals surface area (Å²) in [5, 5.41) is 4.48. The van der Waals surface area contributed by atoms with Crippen LogP contribution in [0, 0.1) is 12.7 Å². The Kier molecular flexibility index (Phi) is 4.96. The van der Waals surface area contributed by atoms with Gasteiger partial charge in [-0.3, -0.25) is 14.0 Å². The van der Waals surface area contributed by atoms with Gasteiger partial charge in [-0.2, -0.15) is 5.10 Å². The van der Waals surface area contributed by atoms with Crippen molar-refractivity contribution in [1.82, 2.24) is 19.1 Å². The van der Waals surface area contributed by atoms with Crippen molar-refractivity contribution in [1.29, 1.82) is 0 Å². The third-order valence-corrected chi connectivity index (χ3v) is 6.18. The maximum atomic E-state index is 14.1. The van der Waals surface area contributed by atoms with E-state index in [1.54, 1.807) is 52.8 Å². The zero-order chi connectivity index (χ0) is 22.4. The molecule has 0 aliphatic carbocycles. The highest BCUT2D eigenvalue weighted by atomic mass is 19.1. The van der Waals surface area contributed by atoms with Crippen molar-refractivity contribution in [2.75, 3.05) is 31.1 Å². The van der Waals surface area contributed by atoms with Gasteiger partial charge in [-0.1, -0.05) is 19.1 Å². The number of aryl methyl sites for hydroxylation is 1. The summed E-state index contributed by atoms with van der Waals surface area (Å²) in [5.74, 6) is 0.192. The number of piperazine rings is 1. The number of carbonyl (C=O) groups is 1. The van der Waals surface area contributed by atoms with Crippen molar-refractivity contribution in [2.45, 2.75) is 26.3 Å². The number of hydrogen-bond donors (Lipinski definition) is 0. The molecule has 0 saturated carbocycles. The van der Waals surface area contributed by atoms with E-state index in [4.69, 9.17) is 4.42 Å². The zero-order valence-corrected chi connectivity index (χ0v) is 18.0. The molecule has 0 radical (unpaired) electrons. The fraction of sp³-hybridized carbons (Fsp3) is 0.348. The second kappa shape index (κ2) is 7.81. The van der Waals surface area contributed by atoms with Crippen LogP contribution in [-0.2, 0) is 4.79 Å². The van der Waals surface area contributed by atoms with Gasteiger partial charge in [0.15, 0.2) is 5.58 Å². The maximum absolute atomic E-state index is 14.1. The Morgan fingerprint density at radius 1 is 1.16 bits per heavy atom. The number of hydrogen-bond acceptors (Lipinski definition) is 5. The third kappa shape index (κ3) is 3.16.